The van der Waals surface area contributed by atoms with E-state index in [9.17, 15) is 19.7 Å². The highest BCUT2D eigenvalue weighted by Crippen LogP contribution is 2.23. The number of nitrogens with one attached hydrogen (secondary N) is 1. The number of anilines is 1. The van der Waals surface area contributed by atoms with Crippen LogP contribution < -0.4 is 5.32 Å². The lowest BCUT2D eigenvalue weighted by molar-refractivity contribution is -0.384. The van der Waals surface area contributed by atoms with E-state index in [4.69, 9.17) is 4.74 Å². The fourth-order valence-electron chi connectivity index (χ4n) is 1.80. The maximum absolute atomic E-state index is 12.1. The zero-order valence-electron chi connectivity index (χ0n) is 12.2. The minimum Gasteiger partial charge on any atom is -0.461 e. The third kappa shape index (κ3) is 4.34. The summed E-state index contributed by atoms with van der Waals surface area (Å²) in [5.74, 6) is -0.998. The summed E-state index contributed by atoms with van der Waals surface area (Å²) in [6, 6.07) is 8.76. The van der Waals surface area contributed by atoms with Crippen LogP contribution in [0.2, 0.25) is 0 Å². The van der Waals surface area contributed by atoms with Gasteiger partial charge in [-0.15, -0.1) is 0 Å². The van der Waals surface area contributed by atoms with E-state index in [0.29, 0.717) is 11.3 Å². The lowest BCUT2D eigenvalue weighted by Crippen LogP contribution is -2.15. The summed E-state index contributed by atoms with van der Waals surface area (Å²) >= 11 is 0. The average Bonchev–Trinajstić information content (AvgIpc) is 2.54. The number of ether oxygens (including phenoxy) is 1. The van der Waals surface area contributed by atoms with E-state index < -0.39 is 16.8 Å². The van der Waals surface area contributed by atoms with E-state index in [1.54, 1.807) is 12.1 Å². The molecule has 8 nitrogen and oxygen atoms in total. The monoisotopic (exact) mass is 315 g/mol. The predicted octanol–water partition coefficient (Wildman–Crippen LogP) is 2.31. The SMILES string of the molecule is CC(=O)OCc1cc([N+](=O)[O-])ccc1NC(=O)c1ccccn1. The molecule has 0 atom stereocenters. The van der Waals surface area contributed by atoms with Crippen LogP contribution in [0.5, 0.6) is 0 Å². The van der Waals surface area contributed by atoms with E-state index in [1.165, 1.54) is 37.4 Å². The van der Waals surface area contributed by atoms with E-state index >= 15 is 0 Å². The highest BCUT2D eigenvalue weighted by atomic mass is 16.6. The molecule has 0 spiro atoms. The van der Waals surface area contributed by atoms with Crippen LogP contribution >= 0.6 is 0 Å². The number of esters is 1. The number of nitro groups is 1. The molecule has 0 aliphatic carbocycles. The molecule has 1 aromatic heterocycles. The van der Waals surface area contributed by atoms with Gasteiger partial charge in [-0.3, -0.25) is 24.7 Å². The minimum absolute atomic E-state index is 0.164. The van der Waals surface area contributed by atoms with Gasteiger partial charge in [0, 0.05) is 36.5 Å². The number of aromatic nitrogens is 1. The molecule has 0 radical (unpaired) electrons. The number of pyridine rings is 1. The largest absolute Gasteiger partial charge is 0.461 e. The van der Waals surface area contributed by atoms with Gasteiger partial charge in [0.05, 0.1) is 4.92 Å². The Morgan fingerprint density at radius 3 is 2.70 bits per heavy atom. The number of non-ortho nitro benzene ring substituents is 1. The first kappa shape index (κ1) is 16.1. The summed E-state index contributed by atoms with van der Waals surface area (Å²) < 4.78 is 4.86. The number of rotatable bonds is 5. The van der Waals surface area contributed by atoms with Crippen LogP contribution in [0.25, 0.3) is 0 Å². The van der Waals surface area contributed by atoms with Gasteiger partial charge >= 0.3 is 5.97 Å². The van der Waals surface area contributed by atoms with Crippen molar-refractivity contribution in [3.8, 4) is 0 Å². The van der Waals surface area contributed by atoms with Crippen LogP contribution in [-0.2, 0) is 16.1 Å². The van der Waals surface area contributed by atoms with Gasteiger partial charge in [-0.2, -0.15) is 0 Å². The van der Waals surface area contributed by atoms with E-state index in [-0.39, 0.29) is 18.0 Å². The van der Waals surface area contributed by atoms with Crippen LogP contribution in [-0.4, -0.2) is 21.8 Å². The molecular weight excluding hydrogens is 302 g/mol. The van der Waals surface area contributed by atoms with Crippen LogP contribution in [0.15, 0.2) is 42.6 Å². The van der Waals surface area contributed by atoms with Crippen molar-refractivity contribution in [2.75, 3.05) is 5.32 Å². The molecule has 2 aromatic rings. The molecule has 1 amide bonds. The molecule has 1 aromatic carbocycles. The van der Waals surface area contributed by atoms with Gasteiger partial charge in [0.2, 0.25) is 0 Å². The molecule has 8 heteroatoms. The van der Waals surface area contributed by atoms with Crippen molar-refractivity contribution in [1.82, 2.24) is 4.98 Å². The standard InChI is InChI=1S/C15H13N3O5/c1-10(19)23-9-11-8-12(18(21)22)5-6-13(11)17-15(20)14-4-2-3-7-16-14/h2-8H,9H2,1H3,(H,17,20). The van der Waals surface area contributed by atoms with Gasteiger partial charge in [0.1, 0.15) is 12.3 Å². The number of nitro benzene ring substituents is 1. The van der Waals surface area contributed by atoms with Crippen molar-refractivity contribution in [3.05, 3.63) is 64.0 Å². The summed E-state index contributed by atoms with van der Waals surface area (Å²) in [7, 11) is 0. The zero-order valence-corrected chi connectivity index (χ0v) is 12.2. The first-order valence-electron chi connectivity index (χ1n) is 6.60. The second-order valence-electron chi connectivity index (χ2n) is 4.55. The number of benzene rings is 1. The normalized spacial score (nSPS) is 9.96. The summed E-state index contributed by atoms with van der Waals surface area (Å²) in [6.45, 7) is 1.04. The smallest absolute Gasteiger partial charge is 0.302 e. The Labute approximate surface area is 131 Å². The van der Waals surface area contributed by atoms with Gasteiger partial charge in [-0.25, -0.2) is 0 Å². The Morgan fingerprint density at radius 2 is 2.09 bits per heavy atom. The number of hydrogen-bond acceptors (Lipinski definition) is 6. The topological polar surface area (TPSA) is 111 Å². The molecule has 23 heavy (non-hydrogen) atoms. The number of amides is 1. The summed E-state index contributed by atoms with van der Waals surface area (Å²) in [4.78, 5) is 37.2. The van der Waals surface area contributed by atoms with Crippen LogP contribution in [0.1, 0.15) is 23.0 Å². The molecular formula is C15H13N3O5. The summed E-state index contributed by atoms with van der Waals surface area (Å²) in [5.41, 5.74) is 0.665. The van der Waals surface area contributed by atoms with Crippen molar-refractivity contribution >= 4 is 23.3 Å². The molecule has 118 valence electrons. The molecule has 1 heterocycles. The molecule has 0 aliphatic heterocycles. The third-order valence-electron chi connectivity index (χ3n) is 2.88. The number of carbonyl (C=O) groups is 2. The molecule has 0 saturated carbocycles. The van der Waals surface area contributed by atoms with Crippen molar-refractivity contribution in [1.29, 1.82) is 0 Å². The van der Waals surface area contributed by atoms with Crippen LogP contribution in [0.4, 0.5) is 11.4 Å². The lowest BCUT2D eigenvalue weighted by atomic mass is 10.1. The summed E-state index contributed by atoms with van der Waals surface area (Å²) in [6.07, 6.45) is 1.48. The summed E-state index contributed by atoms with van der Waals surface area (Å²) in [5, 5.41) is 13.4. The van der Waals surface area contributed by atoms with Gasteiger partial charge in [0.15, 0.2) is 0 Å². The molecule has 0 unspecified atom stereocenters. The first-order chi connectivity index (χ1) is 11.0. The maximum Gasteiger partial charge on any atom is 0.302 e. The van der Waals surface area contributed by atoms with Gasteiger partial charge in [-0.1, -0.05) is 6.07 Å². The Balaban J connectivity index is 2.27. The van der Waals surface area contributed by atoms with Crippen LogP contribution in [0, 0.1) is 10.1 Å². The van der Waals surface area contributed by atoms with E-state index in [0.717, 1.165) is 0 Å². The second-order valence-corrected chi connectivity index (χ2v) is 4.55. The molecule has 0 fully saturated rings. The highest BCUT2D eigenvalue weighted by molar-refractivity contribution is 6.03. The fraction of sp³-hybridized carbons (Fsp3) is 0.133. The Bertz CT molecular complexity index is 746. The number of carbonyl (C=O) groups excluding carboxylic acids is 2. The maximum atomic E-state index is 12.1. The van der Waals surface area contributed by atoms with Gasteiger partial charge in [0.25, 0.3) is 11.6 Å². The first-order valence-corrected chi connectivity index (χ1v) is 6.60. The van der Waals surface area contributed by atoms with Crippen LogP contribution in [0.3, 0.4) is 0 Å². The second kappa shape index (κ2) is 7.12. The molecule has 0 saturated heterocycles. The van der Waals surface area contributed by atoms with Crippen molar-refractivity contribution in [2.45, 2.75) is 13.5 Å². The molecule has 0 aliphatic rings. The predicted molar refractivity (Wildman–Crippen MR) is 80.8 cm³/mol. The molecule has 2 rings (SSSR count). The van der Waals surface area contributed by atoms with E-state index in [2.05, 4.69) is 10.3 Å². The Hall–Kier alpha value is -3.29. The van der Waals surface area contributed by atoms with E-state index in [1.807, 2.05) is 0 Å². The van der Waals surface area contributed by atoms with Gasteiger partial charge < -0.3 is 10.1 Å². The number of nitrogens with zero attached hydrogens (tertiary/aromatic N) is 2. The fourth-order valence-corrected chi connectivity index (χ4v) is 1.80. The Kier molecular flexibility index (Phi) is 4.98. The molecule has 0 bridgehead atoms. The van der Waals surface area contributed by atoms with Gasteiger partial charge in [-0.05, 0) is 18.2 Å². The van der Waals surface area contributed by atoms with Crippen molar-refractivity contribution < 1.29 is 19.2 Å². The zero-order chi connectivity index (χ0) is 16.8. The van der Waals surface area contributed by atoms with Crippen molar-refractivity contribution in [2.24, 2.45) is 0 Å². The lowest BCUT2D eigenvalue weighted by Gasteiger charge is -2.11. The third-order valence-corrected chi connectivity index (χ3v) is 2.88. The Morgan fingerprint density at radius 1 is 1.30 bits per heavy atom. The number of hydrogen-bond donors (Lipinski definition) is 1. The molecule has 1 N–H and O–H groups in total. The minimum atomic E-state index is -0.568. The van der Waals surface area contributed by atoms with Crippen molar-refractivity contribution in [3.63, 3.8) is 0 Å². The average molecular weight is 315 g/mol. The highest BCUT2D eigenvalue weighted by Gasteiger charge is 2.15. The quantitative estimate of drug-likeness (QED) is 0.515.